The molecule has 0 atom stereocenters. The molecule has 0 amide bonds. The summed E-state index contributed by atoms with van der Waals surface area (Å²) in [5.74, 6) is 0.840. The lowest BCUT2D eigenvalue weighted by molar-refractivity contribution is 0.560. The molecule has 0 heterocycles. The molecule has 0 N–H and O–H groups in total. The Morgan fingerprint density at radius 3 is 2.00 bits per heavy atom. The summed E-state index contributed by atoms with van der Waals surface area (Å²) >= 11 is 0. The van der Waals surface area contributed by atoms with Gasteiger partial charge in [-0.25, -0.2) is 0 Å². The van der Waals surface area contributed by atoms with Gasteiger partial charge in [-0.3, -0.25) is 0 Å². The average Bonchev–Trinajstić information content (AvgIpc) is 2.55. The van der Waals surface area contributed by atoms with Crippen LogP contribution in [0.1, 0.15) is 51.9 Å². The molecule has 1 saturated carbocycles. The topological polar surface area (TPSA) is 0 Å². The molecule has 86 valence electrons. The van der Waals surface area contributed by atoms with Gasteiger partial charge < -0.3 is 0 Å². The van der Waals surface area contributed by atoms with Crippen LogP contribution in [-0.2, 0) is 0 Å². The third-order valence-corrected chi connectivity index (χ3v) is 2.77. The van der Waals surface area contributed by atoms with Crippen molar-refractivity contribution in [3.05, 3.63) is 37.5 Å². The van der Waals surface area contributed by atoms with E-state index in [1.807, 2.05) is 19.1 Å². The van der Waals surface area contributed by atoms with Gasteiger partial charge in [0.1, 0.15) is 0 Å². The highest BCUT2D eigenvalue weighted by Gasteiger charge is 2.06. The standard InChI is InChI=1S/C9H16.C6H10/c1-2-9-7-5-3-4-6-8-9;1-3-5-6-4-2/h2,9H,1,3-8H2;3-4,6H,1,5H2,2H3/b;6-4+. The number of allylic oxidation sites excluding steroid dienone is 4. The van der Waals surface area contributed by atoms with Crippen molar-refractivity contribution in [2.45, 2.75) is 51.9 Å². The van der Waals surface area contributed by atoms with Crippen molar-refractivity contribution < 1.29 is 0 Å². The van der Waals surface area contributed by atoms with Crippen molar-refractivity contribution >= 4 is 0 Å². The molecule has 0 radical (unpaired) electrons. The normalized spacial score (nSPS) is 17.7. The van der Waals surface area contributed by atoms with Gasteiger partial charge in [0.15, 0.2) is 0 Å². The minimum absolute atomic E-state index is 0.840. The smallest absolute Gasteiger partial charge is 0.0172 e. The molecule has 0 heteroatoms. The fourth-order valence-corrected chi connectivity index (χ4v) is 1.78. The summed E-state index contributed by atoms with van der Waals surface area (Å²) in [4.78, 5) is 0. The van der Waals surface area contributed by atoms with Crippen LogP contribution in [-0.4, -0.2) is 0 Å². The van der Waals surface area contributed by atoms with Gasteiger partial charge in [0.2, 0.25) is 0 Å². The predicted octanol–water partition coefficient (Wildman–Crippen LogP) is 5.28. The second kappa shape index (κ2) is 11.3. The van der Waals surface area contributed by atoms with Crippen LogP contribution in [0.2, 0.25) is 0 Å². The summed E-state index contributed by atoms with van der Waals surface area (Å²) in [6.45, 7) is 9.38. The first kappa shape index (κ1) is 14.2. The molecule has 1 aliphatic rings. The van der Waals surface area contributed by atoms with Crippen LogP contribution < -0.4 is 0 Å². The lowest BCUT2D eigenvalue weighted by Gasteiger charge is -2.04. The highest BCUT2D eigenvalue weighted by Crippen LogP contribution is 2.22. The molecule has 1 fully saturated rings. The fourth-order valence-electron chi connectivity index (χ4n) is 1.78. The Hall–Kier alpha value is -0.780. The van der Waals surface area contributed by atoms with E-state index in [9.17, 15) is 0 Å². The summed E-state index contributed by atoms with van der Waals surface area (Å²) < 4.78 is 0. The lowest BCUT2D eigenvalue weighted by atomic mass is 10.0. The van der Waals surface area contributed by atoms with Gasteiger partial charge in [0, 0.05) is 0 Å². The van der Waals surface area contributed by atoms with E-state index in [0.29, 0.717) is 0 Å². The van der Waals surface area contributed by atoms with E-state index in [1.54, 1.807) is 0 Å². The maximum Gasteiger partial charge on any atom is -0.0172 e. The molecule has 15 heavy (non-hydrogen) atoms. The predicted molar refractivity (Wildman–Crippen MR) is 71.0 cm³/mol. The number of rotatable bonds is 3. The Kier molecular flexibility index (Phi) is 10.7. The molecule has 0 aliphatic heterocycles. The third-order valence-electron chi connectivity index (χ3n) is 2.77. The SMILES string of the molecule is C=CC/C=C/C.C=CC1CCCCCC1. The Balaban J connectivity index is 0.000000288. The summed E-state index contributed by atoms with van der Waals surface area (Å²) in [5, 5.41) is 0. The molecule has 0 aromatic rings. The third kappa shape index (κ3) is 9.52. The van der Waals surface area contributed by atoms with E-state index in [0.717, 1.165) is 12.3 Å². The minimum Gasteiger partial charge on any atom is -0.103 e. The maximum atomic E-state index is 3.83. The van der Waals surface area contributed by atoms with E-state index in [4.69, 9.17) is 0 Å². The molecule has 0 spiro atoms. The summed E-state index contributed by atoms with van der Waals surface area (Å²) in [6, 6.07) is 0. The van der Waals surface area contributed by atoms with E-state index < -0.39 is 0 Å². The zero-order valence-corrected chi connectivity index (χ0v) is 10.3. The van der Waals surface area contributed by atoms with E-state index in [1.165, 1.54) is 38.5 Å². The molecular weight excluding hydrogens is 180 g/mol. The van der Waals surface area contributed by atoms with Gasteiger partial charge in [-0.1, -0.05) is 50.0 Å². The van der Waals surface area contributed by atoms with Gasteiger partial charge in [-0.15, -0.1) is 13.2 Å². The molecule has 0 nitrogen and oxygen atoms in total. The van der Waals surface area contributed by atoms with Gasteiger partial charge in [0.05, 0.1) is 0 Å². The second-order valence-electron chi connectivity index (χ2n) is 4.08. The largest absolute Gasteiger partial charge is 0.103 e. The molecule has 0 aromatic heterocycles. The van der Waals surface area contributed by atoms with Crippen molar-refractivity contribution in [1.82, 2.24) is 0 Å². The summed E-state index contributed by atoms with van der Waals surface area (Å²) in [6.07, 6.45) is 17.6. The summed E-state index contributed by atoms with van der Waals surface area (Å²) in [5.41, 5.74) is 0. The van der Waals surface area contributed by atoms with Gasteiger partial charge >= 0.3 is 0 Å². The highest BCUT2D eigenvalue weighted by atomic mass is 14.1. The van der Waals surface area contributed by atoms with Crippen molar-refractivity contribution in [3.63, 3.8) is 0 Å². The zero-order valence-electron chi connectivity index (χ0n) is 10.3. The number of hydrogen-bond acceptors (Lipinski definition) is 0. The van der Waals surface area contributed by atoms with Crippen LogP contribution in [0.3, 0.4) is 0 Å². The molecule has 1 aliphatic carbocycles. The molecule has 1 rings (SSSR count). The van der Waals surface area contributed by atoms with Crippen LogP contribution in [0, 0.1) is 5.92 Å². The van der Waals surface area contributed by atoms with Gasteiger partial charge in [0.25, 0.3) is 0 Å². The zero-order chi connectivity index (χ0) is 11.4. The Labute approximate surface area is 95.8 Å². The van der Waals surface area contributed by atoms with Crippen molar-refractivity contribution in [2.75, 3.05) is 0 Å². The summed E-state index contributed by atoms with van der Waals surface area (Å²) in [7, 11) is 0. The Morgan fingerprint density at radius 2 is 1.67 bits per heavy atom. The van der Waals surface area contributed by atoms with Crippen molar-refractivity contribution in [1.29, 1.82) is 0 Å². The van der Waals surface area contributed by atoms with E-state index in [2.05, 4.69) is 25.3 Å². The highest BCUT2D eigenvalue weighted by molar-refractivity contribution is 4.85. The fraction of sp³-hybridized carbons (Fsp3) is 0.600. The van der Waals surface area contributed by atoms with Crippen LogP contribution in [0.4, 0.5) is 0 Å². The molecule has 0 unspecified atom stereocenters. The maximum absolute atomic E-state index is 3.83. The monoisotopic (exact) mass is 206 g/mol. The molecule has 0 bridgehead atoms. The van der Waals surface area contributed by atoms with E-state index in [-0.39, 0.29) is 0 Å². The first-order valence-corrected chi connectivity index (χ1v) is 6.19. The van der Waals surface area contributed by atoms with Crippen LogP contribution in [0.15, 0.2) is 37.5 Å². The van der Waals surface area contributed by atoms with Gasteiger partial charge in [-0.05, 0) is 32.1 Å². The van der Waals surface area contributed by atoms with E-state index >= 15 is 0 Å². The first-order chi connectivity index (χ1) is 7.35. The van der Waals surface area contributed by atoms with Crippen LogP contribution in [0.5, 0.6) is 0 Å². The molecule has 0 saturated heterocycles. The molecule has 0 aromatic carbocycles. The van der Waals surface area contributed by atoms with Crippen LogP contribution >= 0.6 is 0 Å². The van der Waals surface area contributed by atoms with Crippen molar-refractivity contribution in [3.8, 4) is 0 Å². The number of hydrogen-bond donors (Lipinski definition) is 0. The Morgan fingerprint density at radius 1 is 1.07 bits per heavy atom. The van der Waals surface area contributed by atoms with Crippen molar-refractivity contribution in [2.24, 2.45) is 5.92 Å². The quantitative estimate of drug-likeness (QED) is 0.435. The second-order valence-corrected chi connectivity index (χ2v) is 4.08. The van der Waals surface area contributed by atoms with Gasteiger partial charge in [-0.2, -0.15) is 0 Å². The first-order valence-electron chi connectivity index (χ1n) is 6.19. The Bertz CT molecular complexity index is 168. The minimum atomic E-state index is 0.840. The average molecular weight is 206 g/mol. The lowest BCUT2D eigenvalue weighted by Crippen LogP contribution is -1.91. The van der Waals surface area contributed by atoms with Crippen LogP contribution in [0.25, 0.3) is 0 Å². The molecular formula is C15H26.